The highest BCUT2D eigenvalue weighted by Crippen LogP contribution is 2.38. The van der Waals surface area contributed by atoms with Gasteiger partial charge in [-0.1, -0.05) is 48.5 Å². The number of rotatable bonds is 7. The van der Waals surface area contributed by atoms with Gasteiger partial charge in [0.2, 0.25) is 11.8 Å². The fraction of sp³-hybridized carbons (Fsp3) is 0.379. The van der Waals surface area contributed by atoms with Crippen molar-refractivity contribution in [2.45, 2.75) is 44.7 Å². The molecule has 4 N–H and O–H groups in total. The molecule has 3 amide bonds. The van der Waals surface area contributed by atoms with Crippen molar-refractivity contribution in [1.29, 1.82) is 0 Å². The van der Waals surface area contributed by atoms with E-state index >= 15 is 0 Å². The molecule has 0 spiro atoms. The Hall–Kier alpha value is -3.98. The molecule has 1 fully saturated rings. The van der Waals surface area contributed by atoms with Gasteiger partial charge in [0.1, 0.15) is 11.5 Å². The molecule has 0 radical (unpaired) electrons. The van der Waals surface area contributed by atoms with E-state index in [1.165, 1.54) is 5.01 Å². The van der Waals surface area contributed by atoms with E-state index in [0.29, 0.717) is 25.8 Å². The number of aromatic nitrogens is 1. The number of fused-ring (bicyclic) bond motifs is 2. The number of hydrogen-bond donors (Lipinski definition) is 3. The number of nitrogens with two attached hydrogens (primary N) is 1. The van der Waals surface area contributed by atoms with Gasteiger partial charge in [-0.2, -0.15) is 5.10 Å². The van der Waals surface area contributed by atoms with Crippen LogP contribution in [-0.2, 0) is 27.2 Å². The lowest BCUT2D eigenvalue weighted by atomic mass is 9.73. The molecule has 9 nitrogen and oxygen atoms in total. The van der Waals surface area contributed by atoms with Crippen LogP contribution < -0.4 is 11.1 Å². The van der Waals surface area contributed by atoms with E-state index in [-0.39, 0.29) is 18.4 Å². The summed E-state index contributed by atoms with van der Waals surface area (Å²) in [6.07, 6.45) is 3.11. The minimum Gasteiger partial charge on any atom is -0.361 e. The first-order valence-corrected chi connectivity index (χ1v) is 12.9. The number of amides is 3. The maximum atomic E-state index is 14.1. The number of nitrogens with one attached hydrogen (secondary N) is 2. The van der Waals surface area contributed by atoms with Crippen LogP contribution in [-0.4, -0.2) is 70.0 Å². The molecule has 38 heavy (non-hydrogen) atoms. The summed E-state index contributed by atoms with van der Waals surface area (Å²) in [6.45, 7) is 3.85. The van der Waals surface area contributed by atoms with E-state index in [1.807, 2.05) is 60.8 Å². The highest BCUT2D eigenvalue weighted by Gasteiger charge is 2.54. The zero-order valence-corrected chi connectivity index (χ0v) is 22.0. The van der Waals surface area contributed by atoms with Crippen LogP contribution in [0, 0.1) is 5.41 Å². The number of aromatic amines is 1. The second-order valence-corrected chi connectivity index (χ2v) is 10.9. The normalized spacial score (nSPS) is 20.3. The minimum atomic E-state index is -1.15. The summed E-state index contributed by atoms with van der Waals surface area (Å²) in [5.74, 6) is -0.762. The van der Waals surface area contributed by atoms with Gasteiger partial charge in [0, 0.05) is 50.1 Å². The van der Waals surface area contributed by atoms with E-state index in [1.54, 1.807) is 25.8 Å². The highest BCUT2D eigenvalue weighted by atomic mass is 16.2. The Morgan fingerprint density at radius 1 is 1.16 bits per heavy atom. The molecule has 2 aliphatic rings. The average molecular weight is 515 g/mol. The van der Waals surface area contributed by atoms with Gasteiger partial charge >= 0.3 is 0 Å². The van der Waals surface area contributed by atoms with Crippen molar-refractivity contribution >= 4 is 34.3 Å². The Labute approximate surface area is 222 Å². The molecule has 1 saturated heterocycles. The number of carbonyl (C=O) groups is 3. The molecule has 2 aliphatic heterocycles. The molecule has 2 aromatic carbocycles. The summed E-state index contributed by atoms with van der Waals surface area (Å²) in [4.78, 5) is 45.5. The smallest absolute Gasteiger partial charge is 0.256 e. The largest absolute Gasteiger partial charge is 0.361 e. The molecule has 0 saturated carbocycles. The van der Waals surface area contributed by atoms with E-state index in [0.717, 1.165) is 27.7 Å². The van der Waals surface area contributed by atoms with Crippen LogP contribution >= 0.6 is 0 Å². The van der Waals surface area contributed by atoms with Gasteiger partial charge in [0.05, 0.1) is 11.3 Å². The monoisotopic (exact) mass is 514 g/mol. The third-order valence-electron chi connectivity index (χ3n) is 7.55. The van der Waals surface area contributed by atoms with Crippen molar-refractivity contribution < 1.29 is 14.4 Å². The molecule has 2 atom stereocenters. The van der Waals surface area contributed by atoms with Crippen LogP contribution in [0.15, 0.2) is 65.9 Å². The number of hydrazone groups is 1. The zero-order chi connectivity index (χ0) is 27.1. The van der Waals surface area contributed by atoms with Gasteiger partial charge in [-0.15, -0.1) is 0 Å². The van der Waals surface area contributed by atoms with Crippen molar-refractivity contribution in [3.63, 3.8) is 0 Å². The quantitative estimate of drug-likeness (QED) is 0.447. The summed E-state index contributed by atoms with van der Waals surface area (Å²) >= 11 is 0. The molecule has 198 valence electrons. The van der Waals surface area contributed by atoms with E-state index in [4.69, 9.17) is 5.73 Å². The molecular weight excluding hydrogens is 480 g/mol. The molecule has 0 bridgehead atoms. The SMILES string of the molecule is CN1N=C2CCN(C(=O)C(Cc3c[nH]c4ccccc34)NC(=O)C(C)(C)N)CC2(Cc2ccccc2)C1=O. The average Bonchev–Trinajstić information content (AvgIpc) is 3.41. The maximum absolute atomic E-state index is 14.1. The number of piperidine rings is 1. The molecule has 2 unspecified atom stereocenters. The van der Waals surface area contributed by atoms with E-state index in [9.17, 15) is 14.4 Å². The fourth-order valence-corrected chi connectivity index (χ4v) is 5.50. The van der Waals surface area contributed by atoms with Crippen molar-refractivity contribution in [2.24, 2.45) is 16.3 Å². The predicted octanol–water partition coefficient (Wildman–Crippen LogP) is 2.22. The van der Waals surface area contributed by atoms with Crippen molar-refractivity contribution in [3.05, 3.63) is 71.9 Å². The van der Waals surface area contributed by atoms with Crippen LogP contribution in [0.25, 0.3) is 10.9 Å². The number of likely N-dealkylation sites (tertiary alicyclic amines) is 1. The second-order valence-electron chi connectivity index (χ2n) is 10.9. The molecular formula is C29H34N6O3. The number of carbonyl (C=O) groups excluding carboxylic acids is 3. The first-order chi connectivity index (χ1) is 18.1. The van der Waals surface area contributed by atoms with Crippen LogP contribution in [0.4, 0.5) is 0 Å². The lowest BCUT2D eigenvalue weighted by Gasteiger charge is -2.41. The lowest BCUT2D eigenvalue weighted by molar-refractivity contribution is -0.142. The van der Waals surface area contributed by atoms with Gasteiger partial charge in [-0.3, -0.25) is 14.4 Å². The number of H-pyrrole nitrogens is 1. The Balaban J connectivity index is 1.45. The zero-order valence-electron chi connectivity index (χ0n) is 22.0. The van der Waals surface area contributed by atoms with Crippen molar-refractivity contribution in [3.8, 4) is 0 Å². The first-order valence-electron chi connectivity index (χ1n) is 12.9. The van der Waals surface area contributed by atoms with Crippen molar-refractivity contribution in [2.75, 3.05) is 20.1 Å². The Bertz CT molecular complexity index is 1410. The van der Waals surface area contributed by atoms with E-state index < -0.39 is 22.9 Å². The van der Waals surface area contributed by atoms with Gasteiger partial charge in [0.25, 0.3) is 5.91 Å². The predicted molar refractivity (Wildman–Crippen MR) is 146 cm³/mol. The fourth-order valence-electron chi connectivity index (χ4n) is 5.50. The van der Waals surface area contributed by atoms with Gasteiger partial charge in [-0.25, -0.2) is 5.01 Å². The second kappa shape index (κ2) is 9.72. The Kier molecular flexibility index (Phi) is 6.56. The molecule has 3 aromatic rings. The molecule has 1 aromatic heterocycles. The molecule has 5 rings (SSSR count). The Morgan fingerprint density at radius 2 is 1.87 bits per heavy atom. The summed E-state index contributed by atoms with van der Waals surface area (Å²) in [5.41, 5.74) is 7.68. The van der Waals surface area contributed by atoms with Crippen LogP contribution in [0.5, 0.6) is 0 Å². The first kappa shape index (κ1) is 25.7. The third-order valence-corrected chi connectivity index (χ3v) is 7.55. The summed E-state index contributed by atoms with van der Waals surface area (Å²) in [7, 11) is 1.66. The number of benzene rings is 2. The number of nitrogens with zero attached hydrogens (tertiary/aromatic N) is 3. The summed E-state index contributed by atoms with van der Waals surface area (Å²) in [5, 5.41) is 9.84. The van der Waals surface area contributed by atoms with E-state index in [2.05, 4.69) is 15.4 Å². The number of hydrogen-bond acceptors (Lipinski definition) is 5. The van der Waals surface area contributed by atoms with Crippen molar-refractivity contribution in [1.82, 2.24) is 20.2 Å². The maximum Gasteiger partial charge on any atom is 0.256 e. The molecule has 0 aliphatic carbocycles. The summed E-state index contributed by atoms with van der Waals surface area (Å²) in [6, 6.07) is 16.8. The Morgan fingerprint density at radius 3 is 2.61 bits per heavy atom. The van der Waals surface area contributed by atoms with Gasteiger partial charge < -0.3 is 20.9 Å². The standard InChI is InChI=1S/C29H34N6O3/c1-28(2,30)26(37)32-23(15-20-17-31-22-12-8-7-11-21(20)22)25(36)35-14-13-24-29(18-35,27(38)34(3)33-24)16-19-9-5-4-6-10-19/h4-12,17,23,31H,13-16,18,30H2,1-3H3,(H,32,37). The van der Waals surface area contributed by atoms with Crippen LogP contribution in [0.2, 0.25) is 0 Å². The minimum absolute atomic E-state index is 0.117. The molecule has 3 heterocycles. The lowest BCUT2D eigenvalue weighted by Crippen LogP contribution is -2.61. The van der Waals surface area contributed by atoms with Gasteiger partial charge in [-0.05, 0) is 37.5 Å². The number of para-hydroxylation sites is 1. The van der Waals surface area contributed by atoms with Gasteiger partial charge in [0.15, 0.2) is 0 Å². The van der Waals surface area contributed by atoms with Crippen LogP contribution in [0.1, 0.15) is 31.4 Å². The molecule has 9 heteroatoms. The third kappa shape index (κ3) is 4.69. The summed E-state index contributed by atoms with van der Waals surface area (Å²) < 4.78 is 0. The highest BCUT2D eigenvalue weighted by molar-refractivity contribution is 6.13. The topological polar surface area (TPSA) is 124 Å². The van der Waals surface area contributed by atoms with Crippen LogP contribution in [0.3, 0.4) is 0 Å².